The summed E-state index contributed by atoms with van der Waals surface area (Å²) < 4.78 is 0. The van der Waals surface area contributed by atoms with E-state index in [1.165, 1.54) is 0 Å². The van der Waals surface area contributed by atoms with Crippen LogP contribution < -0.4 is 0 Å². The number of hydrogen-bond acceptors (Lipinski definition) is 8. The van der Waals surface area contributed by atoms with Gasteiger partial charge in [-0.05, 0) is 91.3 Å². The van der Waals surface area contributed by atoms with Gasteiger partial charge in [0, 0.05) is 0 Å². The van der Waals surface area contributed by atoms with Gasteiger partial charge in [-0.1, -0.05) is 6.07 Å². The fraction of sp³-hybridized carbons (Fsp3) is 0. The first-order valence-corrected chi connectivity index (χ1v) is 7.88. The van der Waals surface area contributed by atoms with Crippen LogP contribution in [0.3, 0.4) is 0 Å². The van der Waals surface area contributed by atoms with E-state index in [0.29, 0.717) is 0 Å². The lowest BCUT2D eigenvalue weighted by atomic mass is 10.3. The molecule has 0 amide bonds. The highest BCUT2D eigenvalue weighted by atomic mass is 32.1. The first kappa shape index (κ1) is 19.7. The van der Waals surface area contributed by atoms with E-state index in [1.54, 1.807) is 30.3 Å². The van der Waals surface area contributed by atoms with Gasteiger partial charge in [0.05, 0.1) is 43.4 Å². The summed E-state index contributed by atoms with van der Waals surface area (Å²) >= 11 is 17.8. The van der Waals surface area contributed by atoms with Crippen molar-refractivity contribution in [2.24, 2.45) is 20.0 Å². The predicted molar refractivity (Wildman–Crippen MR) is 112 cm³/mol. The van der Waals surface area contributed by atoms with Gasteiger partial charge in [-0.3, -0.25) is 0 Å². The molecule has 0 aliphatic carbocycles. The Morgan fingerprint density at radius 1 is 0.500 bits per heavy atom. The zero-order valence-corrected chi connectivity index (χ0v) is 15.3. The molecule has 0 fully saturated rings. The molecule has 24 heavy (non-hydrogen) atoms. The van der Waals surface area contributed by atoms with Crippen LogP contribution in [-0.4, -0.2) is 20.6 Å². The van der Waals surface area contributed by atoms with Gasteiger partial charge in [0.2, 0.25) is 0 Å². The molecule has 116 valence electrons. The Morgan fingerprint density at radius 3 is 1.17 bits per heavy atom. The molecule has 0 radical (unpaired) electrons. The fourth-order valence-electron chi connectivity index (χ4n) is 1.44. The molecule has 2 aromatic carbocycles. The molecule has 0 N–H and O–H groups in total. The maximum atomic E-state index is 4.46. The highest BCUT2D eigenvalue weighted by Gasteiger charge is 1.90. The lowest BCUT2D eigenvalue weighted by molar-refractivity contribution is 1.50. The second-order valence-electron chi connectivity index (χ2n) is 3.85. The van der Waals surface area contributed by atoms with Crippen molar-refractivity contribution in [3.63, 3.8) is 0 Å². The van der Waals surface area contributed by atoms with E-state index in [1.807, 2.05) is 18.2 Å². The standard InChI is InChI=1S/2C8H4N2S2/c11-5-9-7-1-2-8(4-3-7)10-6-12;11-5-9-7-2-1-3-8(4-7)10-6-12/h2*1-4H. The van der Waals surface area contributed by atoms with Gasteiger partial charge in [-0.2, -0.15) is 20.0 Å². The third-order valence-corrected chi connectivity index (χ3v) is 2.74. The second kappa shape index (κ2) is 12.1. The Kier molecular flexibility index (Phi) is 9.93. The van der Waals surface area contributed by atoms with Crippen LogP contribution in [0.2, 0.25) is 0 Å². The molecular formula is C16H8N4S4. The number of thiocarbonyl (C=S) groups is 4. The first-order chi connectivity index (χ1) is 11.7. The zero-order chi connectivity index (χ0) is 17.6. The van der Waals surface area contributed by atoms with Crippen LogP contribution in [-0.2, 0) is 0 Å². The maximum Gasteiger partial charge on any atom is 0.0761 e. The highest BCUT2D eigenvalue weighted by molar-refractivity contribution is 7.78. The van der Waals surface area contributed by atoms with Crippen molar-refractivity contribution in [1.82, 2.24) is 0 Å². The molecule has 0 heterocycles. The van der Waals surface area contributed by atoms with Crippen LogP contribution in [0.1, 0.15) is 0 Å². The molecule has 2 aromatic rings. The summed E-state index contributed by atoms with van der Waals surface area (Å²) in [7, 11) is 0. The molecule has 8 heteroatoms. The molecule has 4 nitrogen and oxygen atoms in total. The Balaban J connectivity index is 0.000000240. The van der Waals surface area contributed by atoms with Crippen molar-refractivity contribution in [3.05, 3.63) is 48.5 Å². The van der Waals surface area contributed by atoms with E-state index < -0.39 is 0 Å². The number of benzene rings is 2. The van der Waals surface area contributed by atoms with Crippen LogP contribution in [0.15, 0.2) is 68.5 Å². The highest BCUT2D eigenvalue weighted by Crippen LogP contribution is 2.19. The summed E-state index contributed by atoms with van der Waals surface area (Å²) in [5.74, 6) is 0. The molecule has 0 bridgehead atoms. The molecule has 0 unspecified atom stereocenters. The first-order valence-electron chi connectivity index (χ1n) is 6.25. The number of aliphatic imine (C=N–C) groups is 4. The van der Waals surface area contributed by atoms with Gasteiger partial charge in [0.1, 0.15) is 0 Å². The maximum absolute atomic E-state index is 4.46. The normalized spacial score (nSPS) is 8.00. The van der Waals surface area contributed by atoms with E-state index in [4.69, 9.17) is 0 Å². The van der Waals surface area contributed by atoms with Crippen molar-refractivity contribution >= 4 is 92.3 Å². The molecule has 0 aliphatic rings. The number of isothiocyanates is 4. The number of hydrogen-bond donors (Lipinski definition) is 0. The topological polar surface area (TPSA) is 49.4 Å². The van der Waals surface area contributed by atoms with Crippen molar-refractivity contribution in [3.8, 4) is 0 Å². The van der Waals surface area contributed by atoms with Gasteiger partial charge in [0.15, 0.2) is 0 Å². The molecule has 2 rings (SSSR count). The quantitative estimate of drug-likeness (QED) is 0.458. The number of rotatable bonds is 4. The Labute approximate surface area is 160 Å². The van der Waals surface area contributed by atoms with E-state index >= 15 is 0 Å². The van der Waals surface area contributed by atoms with E-state index in [2.05, 4.69) is 89.5 Å². The molecule has 0 saturated heterocycles. The smallest absolute Gasteiger partial charge is 0.0761 e. The average Bonchev–Trinajstić information content (AvgIpc) is 2.59. The average molecular weight is 385 g/mol. The van der Waals surface area contributed by atoms with E-state index in [0.717, 1.165) is 22.7 Å². The zero-order valence-electron chi connectivity index (χ0n) is 12.0. The van der Waals surface area contributed by atoms with Crippen molar-refractivity contribution in [2.75, 3.05) is 0 Å². The summed E-state index contributed by atoms with van der Waals surface area (Å²) in [4.78, 5) is 15.2. The van der Waals surface area contributed by atoms with Gasteiger partial charge < -0.3 is 0 Å². The van der Waals surface area contributed by atoms with Crippen LogP contribution >= 0.6 is 48.9 Å². The molecule has 0 atom stereocenters. The molecule has 0 saturated carbocycles. The van der Waals surface area contributed by atoms with Gasteiger partial charge in [-0.15, -0.1) is 0 Å². The van der Waals surface area contributed by atoms with Crippen LogP contribution in [0, 0.1) is 0 Å². The minimum Gasteiger partial charge on any atom is -0.195 e. The van der Waals surface area contributed by atoms with Crippen molar-refractivity contribution in [1.29, 1.82) is 0 Å². The van der Waals surface area contributed by atoms with E-state index in [9.17, 15) is 0 Å². The minimum atomic E-state index is 0.719. The third-order valence-electron chi connectivity index (χ3n) is 2.38. The van der Waals surface area contributed by atoms with E-state index in [-0.39, 0.29) is 0 Å². The van der Waals surface area contributed by atoms with Crippen LogP contribution in [0.5, 0.6) is 0 Å². The van der Waals surface area contributed by atoms with Gasteiger partial charge >= 0.3 is 0 Å². The summed E-state index contributed by atoms with van der Waals surface area (Å²) in [6.07, 6.45) is 0. The third kappa shape index (κ3) is 7.77. The van der Waals surface area contributed by atoms with Crippen LogP contribution in [0.4, 0.5) is 22.7 Å². The number of nitrogens with zero attached hydrogens (tertiary/aromatic N) is 4. The van der Waals surface area contributed by atoms with Crippen LogP contribution in [0.25, 0.3) is 0 Å². The lowest BCUT2D eigenvalue weighted by Crippen LogP contribution is -1.64. The van der Waals surface area contributed by atoms with Gasteiger partial charge in [-0.25, -0.2) is 0 Å². The molecule has 0 spiro atoms. The summed E-state index contributed by atoms with van der Waals surface area (Å²) in [5, 5.41) is 9.10. The largest absolute Gasteiger partial charge is 0.195 e. The molecule has 0 aromatic heterocycles. The predicted octanol–water partition coefficient (Wildman–Crippen LogP) is 6.31. The second-order valence-corrected chi connectivity index (χ2v) is 4.58. The Bertz CT molecular complexity index is 812. The Morgan fingerprint density at radius 2 is 0.833 bits per heavy atom. The van der Waals surface area contributed by atoms with Gasteiger partial charge in [0.25, 0.3) is 0 Å². The summed E-state index contributed by atoms with van der Waals surface area (Å²) in [6, 6.07) is 14.3. The Hall–Kier alpha value is -2.36. The molecule has 0 aliphatic heterocycles. The lowest BCUT2D eigenvalue weighted by Gasteiger charge is -1.91. The minimum absolute atomic E-state index is 0.719. The van der Waals surface area contributed by atoms with Crippen molar-refractivity contribution < 1.29 is 0 Å². The SMILES string of the molecule is S=C=Nc1ccc(N=C=S)cc1.S=C=Nc1cccc(N=C=S)c1. The monoisotopic (exact) mass is 384 g/mol. The summed E-state index contributed by atoms with van der Waals surface area (Å²) in [5.41, 5.74) is 2.95. The van der Waals surface area contributed by atoms with Crippen molar-refractivity contribution in [2.45, 2.75) is 0 Å². The summed E-state index contributed by atoms with van der Waals surface area (Å²) in [6.45, 7) is 0. The molecular weight excluding hydrogens is 376 g/mol. The fourth-order valence-corrected chi connectivity index (χ4v) is 1.87.